The van der Waals surface area contributed by atoms with Gasteiger partial charge >= 0.3 is 0 Å². The van der Waals surface area contributed by atoms with Crippen LogP contribution in [0.15, 0.2) is 24.3 Å². The molecule has 2 rings (SSSR count). The Kier molecular flexibility index (Phi) is 4.61. The summed E-state index contributed by atoms with van der Waals surface area (Å²) in [7, 11) is 1.88. The maximum absolute atomic E-state index is 11.6. The predicted molar refractivity (Wildman–Crippen MR) is 78.7 cm³/mol. The van der Waals surface area contributed by atoms with E-state index in [1.54, 1.807) is 4.68 Å². The number of hydrogen-bond donors (Lipinski definition) is 1. The lowest BCUT2D eigenvalue weighted by Gasteiger charge is -2.07. The number of nitrogens with one attached hydrogen (secondary N) is 1. The normalized spacial score (nSPS) is 11.0. The van der Waals surface area contributed by atoms with Crippen molar-refractivity contribution in [2.45, 2.75) is 20.3 Å². The van der Waals surface area contributed by atoms with Crippen molar-refractivity contribution >= 4 is 16.8 Å². The summed E-state index contributed by atoms with van der Waals surface area (Å²) in [4.78, 5) is 11.6. The Balaban J connectivity index is 1.89. The Hall–Kier alpha value is -2.04. The molecule has 20 heavy (non-hydrogen) atoms. The Morgan fingerprint density at radius 2 is 2.15 bits per heavy atom. The molecule has 2 aromatic rings. The lowest BCUT2D eigenvalue weighted by Crippen LogP contribution is -2.28. The zero-order valence-electron chi connectivity index (χ0n) is 12.2. The molecule has 0 fully saturated rings. The molecule has 1 heterocycles. The molecule has 5 heteroatoms. The Bertz CT molecular complexity index is 590. The second-order valence-corrected chi connectivity index (χ2v) is 5.24. The molecule has 0 unspecified atom stereocenters. The number of nitrogens with zero attached hydrogens (tertiary/aromatic N) is 2. The number of hydrogen-bond acceptors (Lipinski definition) is 3. The van der Waals surface area contributed by atoms with E-state index in [1.807, 2.05) is 31.3 Å². The Labute approximate surface area is 118 Å². The molecule has 1 N–H and O–H groups in total. The van der Waals surface area contributed by atoms with E-state index in [1.165, 1.54) is 0 Å². The van der Waals surface area contributed by atoms with Crippen LogP contribution in [0, 0.1) is 5.92 Å². The van der Waals surface area contributed by atoms with Gasteiger partial charge in [-0.1, -0.05) is 26.0 Å². The van der Waals surface area contributed by atoms with Gasteiger partial charge in [0, 0.05) is 13.6 Å². The monoisotopic (exact) mass is 275 g/mol. The number of ether oxygens (including phenoxy) is 1. The van der Waals surface area contributed by atoms with Gasteiger partial charge in [0.1, 0.15) is 0 Å². The van der Waals surface area contributed by atoms with Gasteiger partial charge in [0.25, 0.3) is 0 Å². The van der Waals surface area contributed by atoms with Gasteiger partial charge in [-0.25, -0.2) is 0 Å². The van der Waals surface area contributed by atoms with Crippen LogP contribution in [0.5, 0.6) is 5.88 Å². The molecule has 1 aromatic carbocycles. The van der Waals surface area contributed by atoms with E-state index in [0.717, 1.165) is 10.9 Å². The number of carbonyl (C=O) groups excluding carboxylic acids is 1. The highest BCUT2D eigenvalue weighted by Crippen LogP contribution is 2.23. The van der Waals surface area contributed by atoms with Crippen LogP contribution in [-0.4, -0.2) is 28.8 Å². The molecule has 0 saturated heterocycles. The van der Waals surface area contributed by atoms with Crippen LogP contribution in [0.1, 0.15) is 20.3 Å². The van der Waals surface area contributed by atoms with Gasteiger partial charge in [-0.2, -0.15) is 0 Å². The molecule has 1 amide bonds. The van der Waals surface area contributed by atoms with Gasteiger partial charge in [0.05, 0.1) is 23.9 Å². The fraction of sp³-hybridized carbons (Fsp3) is 0.467. The number of aryl methyl sites for hydroxylation is 1. The van der Waals surface area contributed by atoms with Crippen LogP contribution in [0.2, 0.25) is 0 Å². The molecule has 0 aliphatic heterocycles. The number of benzene rings is 1. The zero-order chi connectivity index (χ0) is 14.5. The highest BCUT2D eigenvalue weighted by Gasteiger charge is 2.09. The summed E-state index contributed by atoms with van der Waals surface area (Å²) in [6.45, 7) is 5.17. The number of aromatic nitrogens is 2. The second kappa shape index (κ2) is 6.41. The largest absolute Gasteiger partial charge is 0.476 e. The molecule has 0 radical (unpaired) electrons. The summed E-state index contributed by atoms with van der Waals surface area (Å²) < 4.78 is 7.41. The summed E-state index contributed by atoms with van der Waals surface area (Å²) in [5, 5.41) is 8.16. The van der Waals surface area contributed by atoms with E-state index in [2.05, 4.69) is 24.3 Å². The highest BCUT2D eigenvalue weighted by molar-refractivity contribution is 5.84. The third kappa shape index (κ3) is 3.50. The molecule has 5 nitrogen and oxygen atoms in total. The highest BCUT2D eigenvalue weighted by atomic mass is 16.5. The standard InChI is InChI=1S/C15H21N3O2/c1-11(2)10-16-14(19)8-9-20-15-12-6-4-5-7-13(12)18(3)17-15/h4-7,11H,8-10H2,1-3H3,(H,16,19). The van der Waals surface area contributed by atoms with Crippen LogP contribution in [0.25, 0.3) is 10.9 Å². The van der Waals surface area contributed by atoms with Crippen molar-refractivity contribution in [2.75, 3.05) is 13.2 Å². The van der Waals surface area contributed by atoms with Crippen LogP contribution in [0.3, 0.4) is 0 Å². The molecule has 0 atom stereocenters. The molecule has 0 saturated carbocycles. The van der Waals surface area contributed by atoms with Crippen LogP contribution in [-0.2, 0) is 11.8 Å². The minimum absolute atomic E-state index is 0.0129. The average Bonchev–Trinajstić information content (AvgIpc) is 2.74. The minimum atomic E-state index is 0.0129. The summed E-state index contributed by atoms with van der Waals surface area (Å²) in [6.07, 6.45) is 0.345. The predicted octanol–water partition coefficient (Wildman–Crippen LogP) is 2.11. The van der Waals surface area contributed by atoms with E-state index >= 15 is 0 Å². The van der Waals surface area contributed by atoms with Crippen molar-refractivity contribution in [2.24, 2.45) is 13.0 Å². The first-order valence-electron chi connectivity index (χ1n) is 6.89. The lowest BCUT2D eigenvalue weighted by molar-refractivity contribution is -0.121. The first-order chi connectivity index (χ1) is 9.58. The van der Waals surface area contributed by atoms with Gasteiger partial charge in [-0.15, -0.1) is 5.10 Å². The van der Waals surface area contributed by atoms with E-state index in [4.69, 9.17) is 4.74 Å². The summed E-state index contributed by atoms with van der Waals surface area (Å²) >= 11 is 0. The van der Waals surface area contributed by atoms with Crippen molar-refractivity contribution in [3.8, 4) is 5.88 Å². The van der Waals surface area contributed by atoms with Crippen LogP contribution >= 0.6 is 0 Å². The van der Waals surface area contributed by atoms with Crippen molar-refractivity contribution in [1.82, 2.24) is 15.1 Å². The minimum Gasteiger partial charge on any atom is -0.476 e. The van der Waals surface area contributed by atoms with Crippen LogP contribution < -0.4 is 10.1 Å². The third-order valence-electron chi connectivity index (χ3n) is 3.00. The van der Waals surface area contributed by atoms with E-state index in [9.17, 15) is 4.79 Å². The summed E-state index contributed by atoms with van der Waals surface area (Å²) in [5.74, 6) is 1.05. The molecular formula is C15H21N3O2. The third-order valence-corrected chi connectivity index (χ3v) is 3.00. The number of rotatable bonds is 6. The average molecular weight is 275 g/mol. The van der Waals surface area contributed by atoms with Gasteiger partial charge < -0.3 is 10.1 Å². The van der Waals surface area contributed by atoms with E-state index in [0.29, 0.717) is 31.4 Å². The fourth-order valence-electron chi connectivity index (χ4n) is 1.93. The second-order valence-electron chi connectivity index (χ2n) is 5.24. The van der Waals surface area contributed by atoms with Crippen molar-refractivity contribution < 1.29 is 9.53 Å². The fourth-order valence-corrected chi connectivity index (χ4v) is 1.93. The van der Waals surface area contributed by atoms with E-state index < -0.39 is 0 Å². The molecule has 1 aromatic heterocycles. The Morgan fingerprint density at radius 1 is 1.40 bits per heavy atom. The van der Waals surface area contributed by atoms with Gasteiger partial charge in [0.15, 0.2) is 0 Å². The number of carbonyl (C=O) groups is 1. The summed E-state index contributed by atoms with van der Waals surface area (Å²) in [6, 6.07) is 7.88. The van der Waals surface area contributed by atoms with Crippen molar-refractivity contribution in [3.63, 3.8) is 0 Å². The molecule has 0 bridgehead atoms. The van der Waals surface area contributed by atoms with Gasteiger partial charge in [0.2, 0.25) is 11.8 Å². The maximum atomic E-state index is 11.6. The van der Waals surface area contributed by atoms with Crippen molar-refractivity contribution in [1.29, 1.82) is 0 Å². The van der Waals surface area contributed by atoms with Gasteiger partial charge in [-0.05, 0) is 18.1 Å². The molecule has 0 aliphatic rings. The Morgan fingerprint density at radius 3 is 2.90 bits per heavy atom. The quantitative estimate of drug-likeness (QED) is 0.878. The molecule has 0 spiro atoms. The number of amides is 1. The number of para-hydroxylation sites is 1. The first-order valence-corrected chi connectivity index (χ1v) is 6.89. The molecule has 108 valence electrons. The number of fused-ring (bicyclic) bond motifs is 1. The zero-order valence-corrected chi connectivity index (χ0v) is 12.2. The maximum Gasteiger partial charge on any atom is 0.240 e. The first kappa shape index (κ1) is 14.4. The summed E-state index contributed by atoms with van der Waals surface area (Å²) in [5.41, 5.74) is 1.02. The smallest absolute Gasteiger partial charge is 0.240 e. The van der Waals surface area contributed by atoms with Crippen molar-refractivity contribution in [3.05, 3.63) is 24.3 Å². The molecular weight excluding hydrogens is 254 g/mol. The van der Waals surface area contributed by atoms with Crippen LogP contribution in [0.4, 0.5) is 0 Å². The van der Waals surface area contributed by atoms with E-state index in [-0.39, 0.29) is 5.91 Å². The van der Waals surface area contributed by atoms with Gasteiger partial charge in [-0.3, -0.25) is 9.48 Å². The molecule has 0 aliphatic carbocycles. The SMILES string of the molecule is CC(C)CNC(=O)CCOc1nn(C)c2ccccc12. The topological polar surface area (TPSA) is 56.1 Å². The lowest BCUT2D eigenvalue weighted by atomic mass is 10.2.